The third-order valence-electron chi connectivity index (χ3n) is 8.28. The molecule has 7 nitrogen and oxygen atoms in total. The highest BCUT2D eigenvalue weighted by atomic mass is 16.6. The van der Waals surface area contributed by atoms with Gasteiger partial charge in [0.15, 0.2) is 0 Å². The number of rotatable bonds is 17. The van der Waals surface area contributed by atoms with E-state index in [0.717, 1.165) is 27.8 Å². The maximum absolute atomic E-state index is 6.78. The molecule has 0 aliphatic carbocycles. The maximum atomic E-state index is 6.78. The third-order valence-corrected chi connectivity index (χ3v) is 8.28. The molecular weight excluding hydrogens is 614 g/mol. The molecule has 1 fully saturated rings. The van der Waals surface area contributed by atoms with Gasteiger partial charge < -0.3 is 28.5 Å². The van der Waals surface area contributed by atoms with Gasteiger partial charge in [0.1, 0.15) is 37.1 Å². The van der Waals surface area contributed by atoms with Crippen molar-refractivity contribution in [2.75, 3.05) is 6.61 Å². The molecule has 0 N–H and O–H groups in total. The van der Waals surface area contributed by atoms with E-state index in [-0.39, 0.29) is 6.61 Å². The van der Waals surface area contributed by atoms with Gasteiger partial charge in [-0.2, -0.15) is 0 Å². The van der Waals surface area contributed by atoms with Crippen molar-refractivity contribution in [3.8, 4) is 0 Å². The summed E-state index contributed by atoms with van der Waals surface area (Å²) >= 11 is 0. The van der Waals surface area contributed by atoms with Gasteiger partial charge in [-0.05, 0) is 27.8 Å². The first-order chi connectivity index (χ1) is 24.3. The largest absolute Gasteiger partial charge is 0.391 e. The van der Waals surface area contributed by atoms with Gasteiger partial charge in [0.25, 0.3) is 0 Å². The van der Waals surface area contributed by atoms with Crippen molar-refractivity contribution in [3.63, 3.8) is 0 Å². The first-order valence-electron chi connectivity index (χ1n) is 16.7. The predicted molar refractivity (Wildman–Crippen MR) is 190 cm³/mol. The fraction of sp³-hybridized carbons (Fsp3) is 0.262. The number of hydrogen-bond acceptors (Lipinski definition) is 7. The molecule has 1 heterocycles. The van der Waals surface area contributed by atoms with E-state index >= 15 is 0 Å². The van der Waals surface area contributed by atoms with Crippen LogP contribution < -0.4 is 0 Å². The van der Waals surface area contributed by atoms with Gasteiger partial charge >= 0.3 is 0 Å². The Balaban J connectivity index is 1.28. The Bertz CT molecular complexity index is 1640. The molecule has 0 amide bonds. The highest BCUT2D eigenvalue weighted by Crippen LogP contribution is 2.30. The molecule has 1 aliphatic heterocycles. The number of oxime groups is 1. The van der Waals surface area contributed by atoms with Crippen LogP contribution in [0, 0.1) is 0 Å². The Morgan fingerprint density at radius 3 is 1.31 bits per heavy atom. The highest BCUT2D eigenvalue weighted by Gasteiger charge is 2.48. The molecule has 1 aliphatic rings. The summed E-state index contributed by atoms with van der Waals surface area (Å²) in [7, 11) is 0. The quantitative estimate of drug-likeness (QED) is 0.0748. The molecule has 1 saturated heterocycles. The fourth-order valence-electron chi connectivity index (χ4n) is 5.73. The minimum Gasteiger partial charge on any atom is -0.391 e. The zero-order valence-electron chi connectivity index (χ0n) is 27.5. The standard InChI is InChI=1S/C42H43NO6/c1-6-16-33(17-7-1)27-44-32-39-41(46-29-35-20-10-3-11-21-35)42(47-30-36-22-12-4-13-23-36)40(45-28-34-18-8-2-9-19-34)38(49-39)26-43-48-31-37-24-14-5-15-25-37/h1-26,38-42H,27-32H2/b43-26+/t38-,39+,40-,41+,42+/m0/s1. The lowest BCUT2D eigenvalue weighted by Gasteiger charge is -2.45. The molecule has 0 bridgehead atoms. The van der Waals surface area contributed by atoms with Gasteiger partial charge in [-0.1, -0.05) is 157 Å². The summed E-state index contributed by atoms with van der Waals surface area (Å²) in [5, 5.41) is 4.36. The smallest absolute Gasteiger partial charge is 0.142 e. The third kappa shape index (κ3) is 10.7. The van der Waals surface area contributed by atoms with Crippen LogP contribution in [0.2, 0.25) is 0 Å². The summed E-state index contributed by atoms with van der Waals surface area (Å²) in [5.41, 5.74) is 5.23. The van der Waals surface area contributed by atoms with Gasteiger partial charge in [-0.3, -0.25) is 0 Å². The van der Waals surface area contributed by atoms with Crippen LogP contribution in [0.3, 0.4) is 0 Å². The first-order valence-corrected chi connectivity index (χ1v) is 16.7. The van der Waals surface area contributed by atoms with Crippen LogP contribution in [-0.4, -0.2) is 43.3 Å². The topological polar surface area (TPSA) is 67.7 Å². The van der Waals surface area contributed by atoms with E-state index in [0.29, 0.717) is 33.0 Å². The van der Waals surface area contributed by atoms with E-state index < -0.39 is 30.5 Å². The Labute approximate surface area is 289 Å². The van der Waals surface area contributed by atoms with Crippen molar-refractivity contribution in [1.29, 1.82) is 0 Å². The predicted octanol–water partition coefficient (Wildman–Crippen LogP) is 7.93. The monoisotopic (exact) mass is 657 g/mol. The lowest BCUT2D eigenvalue weighted by atomic mass is 9.94. The van der Waals surface area contributed by atoms with Crippen LogP contribution in [0.15, 0.2) is 157 Å². The van der Waals surface area contributed by atoms with Gasteiger partial charge in [0, 0.05) is 0 Å². The number of hydrogen-bond donors (Lipinski definition) is 0. The van der Waals surface area contributed by atoms with Crippen molar-refractivity contribution < 1.29 is 28.5 Å². The summed E-state index contributed by atoms with van der Waals surface area (Å²) in [6.45, 7) is 2.15. The van der Waals surface area contributed by atoms with E-state index in [2.05, 4.69) is 17.3 Å². The second-order valence-corrected chi connectivity index (χ2v) is 11.9. The van der Waals surface area contributed by atoms with E-state index in [4.69, 9.17) is 28.5 Å². The normalized spacial score (nSPS) is 20.7. The summed E-state index contributed by atoms with van der Waals surface area (Å²) in [4.78, 5) is 5.74. The van der Waals surface area contributed by atoms with Crippen LogP contribution in [0.1, 0.15) is 27.8 Å². The molecule has 0 radical (unpaired) electrons. The van der Waals surface area contributed by atoms with Gasteiger partial charge in [-0.25, -0.2) is 0 Å². The zero-order valence-corrected chi connectivity index (χ0v) is 27.5. The minimum absolute atomic E-state index is 0.278. The summed E-state index contributed by atoms with van der Waals surface area (Å²) in [6.07, 6.45) is -1.04. The maximum Gasteiger partial charge on any atom is 0.142 e. The van der Waals surface area contributed by atoms with E-state index in [1.807, 2.05) is 140 Å². The number of benzene rings is 5. The van der Waals surface area contributed by atoms with E-state index in [1.54, 1.807) is 6.21 Å². The molecule has 7 heteroatoms. The Kier molecular flexibility index (Phi) is 13.1. The molecule has 0 aromatic heterocycles. The second-order valence-electron chi connectivity index (χ2n) is 11.9. The van der Waals surface area contributed by atoms with Crippen molar-refractivity contribution in [2.24, 2.45) is 5.16 Å². The van der Waals surface area contributed by atoms with Gasteiger partial charge in [0.05, 0.1) is 39.2 Å². The lowest BCUT2D eigenvalue weighted by Crippen LogP contribution is -2.61. The lowest BCUT2D eigenvalue weighted by molar-refractivity contribution is -0.258. The average Bonchev–Trinajstić information content (AvgIpc) is 3.16. The molecule has 49 heavy (non-hydrogen) atoms. The molecule has 0 saturated carbocycles. The van der Waals surface area contributed by atoms with Crippen LogP contribution >= 0.6 is 0 Å². The van der Waals surface area contributed by atoms with Crippen molar-refractivity contribution >= 4 is 6.21 Å². The molecule has 5 aromatic rings. The van der Waals surface area contributed by atoms with Crippen molar-refractivity contribution in [3.05, 3.63) is 179 Å². The van der Waals surface area contributed by atoms with E-state index in [1.165, 1.54) is 0 Å². The number of ether oxygens (including phenoxy) is 5. The molecule has 252 valence electrons. The summed E-state index contributed by atoms with van der Waals surface area (Å²) in [5.74, 6) is 0. The molecule has 5 atom stereocenters. The Hall–Kier alpha value is -4.63. The fourth-order valence-corrected chi connectivity index (χ4v) is 5.73. The Morgan fingerprint density at radius 1 is 0.449 bits per heavy atom. The van der Waals surface area contributed by atoms with Crippen LogP contribution in [-0.2, 0) is 61.6 Å². The molecule has 0 unspecified atom stereocenters. The highest BCUT2D eigenvalue weighted by molar-refractivity contribution is 5.64. The van der Waals surface area contributed by atoms with Crippen molar-refractivity contribution in [1.82, 2.24) is 0 Å². The van der Waals surface area contributed by atoms with Gasteiger partial charge in [-0.15, -0.1) is 0 Å². The zero-order chi connectivity index (χ0) is 33.4. The number of nitrogens with zero attached hydrogens (tertiary/aromatic N) is 1. The van der Waals surface area contributed by atoms with Crippen LogP contribution in [0.4, 0.5) is 0 Å². The van der Waals surface area contributed by atoms with Gasteiger partial charge in [0.2, 0.25) is 0 Å². The molecule has 6 rings (SSSR count). The molecular formula is C42H43NO6. The van der Waals surface area contributed by atoms with E-state index in [9.17, 15) is 0 Å². The van der Waals surface area contributed by atoms with Crippen LogP contribution in [0.25, 0.3) is 0 Å². The Morgan fingerprint density at radius 2 is 0.837 bits per heavy atom. The van der Waals surface area contributed by atoms with Crippen LogP contribution in [0.5, 0.6) is 0 Å². The first kappa shape index (κ1) is 34.2. The molecule has 0 spiro atoms. The van der Waals surface area contributed by atoms with Crippen molar-refractivity contribution in [2.45, 2.75) is 63.6 Å². The minimum atomic E-state index is -0.609. The second kappa shape index (κ2) is 18.8. The average molecular weight is 658 g/mol. The summed E-state index contributed by atoms with van der Waals surface area (Å²) < 4.78 is 33.2. The SMILES string of the molecule is C(=N\OCc1ccccc1)/[C@@H]1O[C@H](COCc2ccccc2)[C@@H](OCc2ccccc2)[C@H](OCc2ccccc2)[C@H]1OCc1ccccc1. The summed E-state index contributed by atoms with van der Waals surface area (Å²) in [6, 6.07) is 50.3. The molecule has 5 aromatic carbocycles.